The summed E-state index contributed by atoms with van der Waals surface area (Å²) in [6, 6.07) is 17.0. The number of ketones is 1. The van der Waals surface area contributed by atoms with Gasteiger partial charge in [-0.2, -0.15) is 0 Å². The summed E-state index contributed by atoms with van der Waals surface area (Å²) in [5.41, 5.74) is 2.67. The molecule has 1 N–H and O–H groups in total. The summed E-state index contributed by atoms with van der Waals surface area (Å²) in [6.45, 7) is 5.48. The summed E-state index contributed by atoms with van der Waals surface area (Å²) in [7, 11) is 4.44. The van der Waals surface area contributed by atoms with Gasteiger partial charge in [-0.1, -0.05) is 24.8 Å². The number of allylic oxidation sites excluding steroid dienone is 1. The zero-order valence-corrected chi connectivity index (χ0v) is 21.0. The molecule has 4 aromatic rings. The molecule has 1 amide bonds. The molecular weight excluding hydrogens is 472 g/mol. The number of rotatable bonds is 8. The Balaban J connectivity index is 1.74. The minimum Gasteiger partial charge on any atom is -0.493 e. The Bertz CT molecular complexity index is 1510. The number of fused-ring (bicyclic) bond motifs is 1. The van der Waals surface area contributed by atoms with E-state index in [1.54, 1.807) is 48.7 Å². The molecule has 0 saturated heterocycles. The Kier molecular flexibility index (Phi) is 7.11. The molecule has 188 valence electrons. The summed E-state index contributed by atoms with van der Waals surface area (Å²) < 4.78 is 17.6. The fourth-order valence-corrected chi connectivity index (χ4v) is 4.14. The van der Waals surface area contributed by atoms with Crippen molar-refractivity contribution in [3.63, 3.8) is 0 Å². The second kappa shape index (κ2) is 10.4. The van der Waals surface area contributed by atoms with Gasteiger partial charge in [0.15, 0.2) is 17.3 Å². The Morgan fingerprint density at radius 2 is 1.46 bits per heavy atom. The number of ether oxygens (including phenoxy) is 3. The third kappa shape index (κ3) is 4.81. The van der Waals surface area contributed by atoms with E-state index in [0.29, 0.717) is 50.5 Å². The number of methoxy groups -OCH3 is 3. The molecule has 0 atom stereocenters. The number of anilines is 1. The molecule has 0 aliphatic carbocycles. The van der Waals surface area contributed by atoms with Crippen LogP contribution in [-0.2, 0) is 4.79 Å². The number of carbonyl (C=O) groups excluding carboxylic acids is 3. The van der Waals surface area contributed by atoms with Crippen molar-refractivity contribution in [3.8, 4) is 17.2 Å². The zero-order chi connectivity index (χ0) is 26.7. The number of hydrogen-bond acceptors (Lipinski definition) is 6. The second-order valence-electron chi connectivity index (χ2n) is 8.22. The lowest BCUT2D eigenvalue weighted by molar-refractivity contribution is -0.114. The number of Topliss-reactive ketones (excluding diaryl/α,β-unsaturated/α-hetero) is 1. The van der Waals surface area contributed by atoms with Crippen molar-refractivity contribution in [3.05, 3.63) is 90.1 Å². The quantitative estimate of drug-likeness (QED) is 0.265. The smallest absolute Gasteiger partial charge is 0.262 e. The molecule has 0 radical (unpaired) electrons. The summed E-state index contributed by atoms with van der Waals surface area (Å²) in [4.78, 5) is 38.2. The topological polar surface area (TPSA) is 95.9 Å². The number of carbonyl (C=O) groups is 3. The third-order valence-electron chi connectivity index (χ3n) is 5.91. The number of hydrogen-bond donors (Lipinski definition) is 1. The lowest BCUT2D eigenvalue weighted by Gasteiger charge is -2.14. The lowest BCUT2D eigenvalue weighted by atomic mass is 9.97. The van der Waals surface area contributed by atoms with Crippen LogP contribution < -0.4 is 19.5 Å². The summed E-state index contributed by atoms with van der Waals surface area (Å²) in [6.07, 6.45) is 1.62. The predicted molar refractivity (Wildman–Crippen MR) is 142 cm³/mol. The van der Waals surface area contributed by atoms with Gasteiger partial charge in [-0.15, -0.1) is 0 Å². The van der Waals surface area contributed by atoms with E-state index < -0.39 is 0 Å². The molecule has 3 aromatic carbocycles. The van der Waals surface area contributed by atoms with Gasteiger partial charge in [0.1, 0.15) is 0 Å². The Labute approximate surface area is 214 Å². The van der Waals surface area contributed by atoms with Crippen molar-refractivity contribution >= 4 is 39.8 Å². The molecule has 37 heavy (non-hydrogen) atoms. The maximum atomic E-state index is 13.5. The number of nitrogens with zero attached hydrogens (tertiary/aromatic N) is 1. The molecule has 8 heteroatoms. The molecule has 0 saturated carbocycles. The van der Waals surface area contributed by atoms with E-state index in [1.807, 2.05) is 18.2 Å². The lowest BCUT2D eigenvalue weighted by Crippen LogP contribution is -2.11. The summed E-state index contributed by atoms with van der Waals surface area (Å²) in [5, 5.41) is 3.38. The van der Waals surface area contributed by atoms with Crippen LogP contribution in [0.15, 0.2) is 73.4 Å². The molecule has 0 spiro atoms. The SMILES string of the molecule is C=C(C(=O)c1cc(OC)c(OC)c(OC)c1)c1cn(C(=O)c2ccc(NC(C)=O)cc2)c2ccccc12. The fourth-order valence-electron chi connectivity index (χ4n) is 4.14. The van der Waals surface area contributed by atoms with Crippen LogP contribution in [0.3, 0.4) is 0 Å². The highest BCUT2D eigenvalue weighted by atomic mass is 16.5. The van der Waals surface area contributed by atoms with Crippen LogP contribution in [0.1, 0.15) is 33.2 Å². The highest BCUT2D eigenvalue weighted by Gasteiger charge is 2.23. The second-order valence-corrected chi connectivity index (χ2v) is 8.22. The standard InChI is InChI=1S/C29H26N2O6/c1-17(27(33)20-14-25(35-3)28(37-5)26(15-20)36-4)23-16-31(24-9-7-6-8-22(23)24)29(34)19-10-12-21(13-11-19)30-18(2)32/h6-16H,1H2,2-5H3,(H,30,32). The Morgan fingerprint density at radius 3 is 2.03 bits per heavy atom. The van der Waals surface area contributed by atoms with Gasteiger partial charge in [-0.05, 0) is 42.5 Å². The molecule has 4 rings (SSSR count). The highest BCUT2D eigenvalue weighted by Crippen LogP contribution is 2.39. The average molecular weight is 499 g/mol. The largest absolute Gasteiger partial charge is 0.493 e. The van der Waals surface area contributed by atoms with Crippen LogP contribution in [0.4, 0.5) is 5.69 Å². The molecule has 0 fully saturated rings. The van der Waals surface area contributed by atoms with Gasteiger partial charge in [-0.25, -0.2) is 0 Å². The number of nitrogens with one attached hydrogen (secondary N) is 1. The first-order valence-electron chi connectivity index (χ1n) is 11.4. The minimum atomic E-state index is -0.353. The van der Waals surface area contributed by atoms with Crippen molar-refractivity contribution in [2.75, 3.05) is 26.6 Å². The third-order valence-corrected chi connectivity index (χ3v) is 5.91. The predicted octanol–water partition coefficient (Wildman–Crippen LogP) is 5.21. The van der Waals surface area contributed by atoms with E-state index in [9.17, 15) is 14.4 Å². The molecule has 0 unspecified atom stereocenters. The zero-order valence-electron chi connectivity index (χ0n) is 21.0. The number of para-hydroxylation sites is 1. The Hall–Kier alpha value is -4.85. The summed E-state index contributed by atoms with van der Waals surface area (Å²) >= 11 is 0. The van der Waals surface area contributed by atoms with Crippen molar-refractivity contribution in [1.82, 2.24) is 4.57 Å². The van der Waals surface area contributed by atoms with Crippen LogP contribution in [0.2, 0.25) is 0 Å². The average Bonchev–Trinajstić information content (AvgIpc) is 3.30. The van der Waals surface area contributed by atoms with Gasteiger partial charge in [0, 0.05) is 46.5 Å². The molecule has 1 aromatic heterocycles. The molecule has 0 bridgehead atoms. The van der Waals surface area contributed by atoms with E-state index in [0.717, 1.165) is 0 Å². The van der Waals surface area contributed by atoms with Crippen LogP contribution in [0.25, 0.3) is 16.5 Å². The van der Waals surface area contributed by atoms with Crippen LogP contribution in [0.5, 0.6) is 17.2 Å². The summed E-state index contributed by atoms with van der Waals surface area (Å²) in [5.74, 6) is 0.227. The van der Waals surface area contributed by atoms with Crippen molar-refractivity contribution in [2.45, 2.75) is 6.92 Å². The van der Waals surface area contributed by atoms with Gasteiger partial charge in [-0.3, -0.25) is 19.0 Å². The molecule has 0 aliphatic rings. The molecule has 8 nitrogen and oxygen atoms in total. The number of benzene rings is 3. The molecule has 0 aliphatic heterocycles. The van der Waals surface area contributed by atoms with Gasteiger partial charge in [0.25, 0.3) is 5.91 Å². The molecule has 1 heterocycles. The first-order chi connectivity index (χ1) is 17.8. The highest BCUT2D eigenvalue weighted by molar-refractivity contribution is 6.31. The van der Waals surface area contributed by atoms with Crippen molar-refractivity contribution in [2.24, 2.45) is 0 Å². The van der Waals surface area contributed by atoms with Crippen molar-refractivity contribution in [1.29, 1.82) is 0 Å². The van der Waals surface area contributed by atoms with Gasteiger partial charge in [0.2, 0.25) is 11.7 Å². The molecular formula is C29H26N2O6. The first-order valence-corrected chi connectivity index (χ1v) is 11.4. The minimum absolute atomic E-state index is 0.199. The van der Waals surface area contributed by atoms with Crippen LogP contribution >= 0.6 is 0 Å². The van der Waals surface area contributed by atoms with Gasteiger partial charge in [0.05, 0.1) is 26.8 Å². The first kappa shape index (κ1) is 25.2. The van der Waals surface area contributed by atoms with E-state index in [2.05, 4.69) is 11.9 Å². The Morgan fingerprint density at radius 1 is 0.838 bits per heavy atom. The maximum absolute atomic E-state index is 13.5. The number of amides is 1. The van der Waals surface area contributed by atoms with Crippen LogP contribution in [0, 0.1) is 0 Å². The van der Waals surface area contributed by atoms with E-state index in [1.165, 1.54) is 32.8 Å². The van der Waals surface area contributed by atoms with Gasteiger partial charge >= 0.3 is 0 Å². The van der Waals surface area contributed by atoms with E-state index in [4.69, 9.17) is 14.2 Å². The van der Waals surface area contributed by atoms with Gasteiger partial charge < -0.3 is 19.5 Å². The van der Waals surface area contributed by atoms with E-state index in [-0.39, 0.29) is 23.2 Å². The normalized spacial score (nSPS) is 10.6. The number of aromatic nitrogens is 1. The maximum Gasteiger partial charge on any atom is 0.262 e. The van der Waals surface area contributed by atoms with E-state index >= 15 is 0 Å². The van der Waals surface area contributed by atoms with Crippen molar-refractivity contribution < 1.29 is 28.6 Å². The fraction of sp³-hybridized carbons (Fsp3) is 0.138. The van der Waals surface area contributed by atoms with Crippen LogP contribution in [-0.4, -0.2) is 43.5 Å². The monoisotopic (exact) mass is 498 g/mol.